The minimum absolute atomic E-state index is 0.0786. The Balaban J connectivity index is 2.31. The van der Waals surface area contributed by atoms with Crippen LogP contribution >= 0.6 is 0 Å². The number of rotatable bonds is 6. The fourth-order valence-electron chi connectivity index (χ4n) is 2.91. The molecule has 124 valence electrons. The van der Waals surface area contributed by atoms with Crippen molar-refractivity contribution in [1.82, 2.24) is 4.98 Å². The predicted octanol–water partition coefficient (Wildman–Crippen LogP) is 4.71. The van der Waals surface area contributed by atoms with Crippen LogP contribution in [0.15, 0.2) is 30.5 Å². The maximum absolute atomic E-state index is 14.4. The lowest BCUT2D eigenvalue weighted by Crippen LogP contribution is -2.05. The summed E-state index contributed by atoms with van der Waals surface area (Å²) in [6.07, 6.45) is 2.39. The number of hydrogen-bond donors (Lipinski definition) is 0. The first kappa shape index (κ1) is 17.3. The summed E-state index contributed by atoms with van der Waals surface area (Å²) in [6.45, 7) is 6.01. The highest BCUT2D eigenvalue weighted by molar-refractivity contribution is 5.42. The van der Waals surface area contributed by atoms with Crippen LogP contribution in [0.1, 0.15) is 49.3 Å². The van der Waals surface area contributed by atoms with Crippen LogP contribution in [-0.2, 0) is 6.42 Å². The van der Waals surface area contributed by atoms with Crippen LogP contribution in [0.3, 0.4) is 0 Å². The van der Waals surface area contributed by atoms with Gasteiger partial charge in [-0.15, -0.1) is 0 Å². The number of halogens is 1. The highest BCUT2D eigenvalue weighted by atomic mass is 19.1. The van der Waals surface area contributed by atoms with E-state index in [-0.39, 0.29) is 17.7 Å². The van der Waals surface area contributed by atoms with Crippen molar-refractivity contribution in [3.63, 3.8) is 0 Å². The molecule has 0 aliphatic carbocycles. The van der Waals surface area contributed by atoms with Crippen molar-refractivity contribution in [2.45, 2.75) is 39.0 Å². The van der Waals surface area contributed by atoms with Gasteiger partial charge in [0.2, 0.25) is 5.88 Å². The summed E-state index contributed by atoms with van der Waals surface area (Å²) >= 11 is 0. The largest absolute Gasteiger partial charge is 0.496 e. The van der Waals surface area contributed by atoms with E-state index in [2.05, 4.69) is 11.9 Å². The molecule has 1 aromatic carbocycles. The van der Waals surface area contributed by atoms with Gasteiger partial charge >= 0.3 is 0 Å². The summed E-state index contributed by atoms with van der Waals surface area (Å²) in [4.78, 5) is 4.23. The molecule has 2 rings (SSSR count). The molecule has 1 atom stereocenters. The zero-order valence-electron chi connectivity index (χ0n) is 14.4. The Kier molecular flexibility index (Phi) is 5.59. The lowest BCUT2D eigenvalue weighted by Gasteiger charge is -2.18. The van der Waals surface area contributed by atoms with Crippen LogP contribution < -0.4 is 9.47 Å². The minimum atomic E-state index is -0.209. The molecule has 1 heterocycles. The van der Waals surface area contributed by atoms with Crippen molar-refractivity contribution in [2.75, 3.05) is 14.2 Å². The second kappa shape index (κ2) is 7.44. The van der Waals surface area contributed by atoms with Gasteiger partial charge in [0.15, 0.2) is 0 Å². The lowest BCUT2D eigenvalue weighted by atomic mass is 9.92. The fourth-order valence-corrected chi connectivity index (χ4v) is 2.91. The fraction of sp³-hybridized carbons (Fsp3) is 0.421. The highest BCUT2D eigenvalue weighted by Gasteiger charge is 2.18. The molecule has 0 bridgehead atoms. The van der Waals surface area contributed by atoms with E-state index < -0.39 is 0 Å². The Morgan fingerprint density at radius 3 is 2.48 bits per heavy atom. The van der Waals surface area contributed by atoms with Gasteiger partial charge in [0.1, 0.15) is 11.6 Å². The van der Waals surface area contributed by atoms with Gasteiger partial charge in [-0.2, -0.15) is 0 Å². The van der Waals surface area contributed by atoms with Gasteiger partial charge in [-0.1, -0.05) is 26.8 Å². The van der Waals surface area contributed by atoms with Crippen LogP contribution in [0, 0.1) is 5.82 Å². The summed E-state index contributed by atoms with van der Waals surface area (Å²) in [7, 11) is 3.19. The Morgan fingerprint density at radius 1 is 1.13 bits per heavy atom. The van der Waals surface area contributed by atoms with Gasteiger partial charge in [-0.3, -0.25) is 0 Å². The Labute approximate surface area is 137 Å². The predicted molar refractivity (Wildman–Crippen MR) is 89.9 cm³/mol. The van der Waals surface area contributed by atoms with Crippen LogP contribution in [-0.4, -0.2) is 19.2 Å². The van der Waals surface area contributed by atoms with Crippen molar-refractivity contribution in [2.24, 2.45) is 0 Å². The first-order valence-corrected chi connectivity index (χ1v) is 7.83. The number of benzene rings is 1. The van der Waals surface area contributed by atoms with E-state index in [1.807, 2.05) is 32.0 Å². The molecule has 1 aromatic heterocycles. The second-order valence-electron chi connectivity index (χ2n) is 6.06. The highest BCUT2D eigenvalue weighted by Crippen LogP contribution is 2.33. The van der Waals surface area contributed by atoms with E-state index in [0.717, 1.165) is 11.1 Å². The van der Waals surface area contributed by atoms with Crippen LogP contribution in [0.25, 0.3) is 0 Å². The Morgan fingerprint density at radius 2 is 1.87 bits per heavy atom. The molecule has 3 nitrogen and oxygen atoms in total. The van der Waals surface area contributed by atoms with Crippen molar-refractivity contribution >= 4 is 0 Å². The zero-order chi connectivity index (χ0) is 17.0. The molecule has 0 spiro atoms. The van der Waals surface area contributed by atoms with E-state index in [1.54, 1.807) is 26.5 Å². The maximum atomic E-state index is 14.4. The van der Waals surface area contributed by atoms with E-state index >= 15 is 0 Å². The first-order chi connectivity index (χ1) is 11.0. The molecule has 0 aliphatic heterocycles. The topological polar surface area (TPSA) is 31.4 Å². The third kappa shape index (κ3) is 3.81. The Hall–Kier alpha value is -2.10. The smallest absolute Gasteiger partial charge is 0.216 e. The Bertz CT molecular complexity index is 670. The summed E-state index contributed by atoms with van der Waals surface area (Å²) in [5.41, 5.74) is 2.55. The molecular weight excluding hydrogens is 293 g/mol. The number of hydrogen-bond acceptors (Lipinski definition) is 3. The molecule has 0 saturated carbocycles. The van der Waals surface area contributed by atoms with E-state index in [0.29, 0.717) is 23.6 Å². The van der Waals surface area contributed by atoms with Crippen LogP contribution in [0.4, 0.5) is 4.39 Å². The minimum Gasteiger partial charge on any atom is -0.496 e. The third-order valence-electron chi connectivity index (χ3n) is 4.02. The normalized spacial score (nSPS) is 12.3. The van der Waals surface area contributed by atoms with Gasteiger partial charge < -0.3 is 9.47 Å². The van der Waals surface area contributed by atoms with E-state index in [9.17, 15) is 4.39 Å². The molecule has 0 aliphatic rings. The van der Waals surface area contributed by atoms with Crippen molar-refractivity contribution in [3.8, 4) is 11.6 Å². The summed E-state index contributed by atoms with van der Waals surface area (Å²) < 4.78 is 25.1. The summed E-state index contributed by atoms with van der Waals surface area (Å²) in [5, 5.41) is 0. The van der Waals surface area contributed by atoms with Gasteiger partial charge in [-0.25, -0.2) is 9.37 Å². The molecular formula is C19H24FNO2. The molecule has 0 radical (unpaired) electrons. The molecule has 0 N–H and O–H groups in total. The number of methoxy groups -OCH3 is 2. The average molecular weight is 317 g/mol. The van der Waals surface area contributed by atoms with E-state index in [1.165, 1.54) is 0 Å². The molecule has 2 aromatic rings. The maximum Gasteiger partial charge on any atom is 0.216 e. The van der Waals surface area contributed by atoms with Crippen LogP contribution in [0.2, 0.25) is 0 Å². The van der Waals surface area contributed by atoms with Crippen molar-refractivity contribution in [1.29, 1.82) is 0 Å². The monoisotopic (exact) mass is 317 g/mol. The molecule has 0 fully saturated rings. The van der Waals surface area contributed by atoms with E-state index in [4.69, 9.17) is 9.47 Å². The number of nitrogens with zero attached hydrogens (tertiary/aromatic N) is 1. The lowest BCUT2D eigenvalue weighted by molar-refractivity contribution is 0.389. The SMILES string of the molecule is COc1cc(CC(C)c2cccnc2OC)cc(F)c1C(C)C. The summed E-state index contributed by atoms with van der Waals surface area (Å²) in [5.74, 6) is 1.26. The number of aromatic nitrogens is 1. The molecule has 0 amide bonds. The standard InChI is InChI=1S/C19H24FNO2/c1-12(2)18-16(20)10-14(11-17(18)22-4)9-13(3)15-7-6-8-21-19(15)23-5/h6-8,10-13H,9H2,1-5H3. The quantitative estimate of drug-likeness (QED) is 0.773. The summed E-state index contributed by atoms with van der Waals surface area (Å²) in [6, 6.07) is 7.42. The first-order valence-electron chi connectivity index (χ1n) is 7.83. The number of ether oxygens (including phenoxy) is 2. The molecule has 0 saturated heterocycles. The third-order valence-corrected chi connectivity index (χ3v) is 4.02. The zero-order valence-corrected chi connectivity index (χ0v) is 14.4. The molecule has 1 unspecified atom stereocenters. The van der Waals surface area contributed by atoms with Crippen LogP contribution in [0.5, 0.6) is 11.6 Å². The van der Waals surface area contributed by atoms with Crippen molar-refractivity contribution in [3.05, 3.63) is 53.0 Å². The van der Waals surface area contributed by atoms with Crippen molar-refractivity contribution < 1.29 is 13.9 Å². The average Bonchev–Trinajstić information content (AvgIpc) is 2.53. The van der Waals surface area contributed by atoms with Gasteiger partial charge in [0.05, 0.1) is 14.2 Å². The van der Waals surface area contributed by atoms with Gasteiger partial charge in [0.25, 0.3) is 0 Å². The second-order valence-corrected chi connectivity index (χ2v) is 6.06. The molecule has 4 heteroatoms. The van der Waals surface area contributed by atoms with Gasteiger partial charge in [0, 0.05) is 17.3 Å². The number of pyridine rings is 1. The molecule has 23 heavy (non-hydrogen) atoms. The van der Waals surface area contributed by atoms with Gasteiger partial charge in [-0.05, 0) is 42.0 Å².